The maximum atomic E-state index is 11.3. The van der Waals surface area contributed by atoms with E-state index in [4.69, 9.17) is 5.73 Å². The number of nitrogens with two attached hydrogens (primary N) is 1. The van der Waals surface area contributed by atoms with Crippen molar-refractivity contribution in [1.82, 2.24) is 4.90 Å². The smallest absolute Gasteiger partial charge is 0.269 e. The van der Waals surface area contributed by atoms with E-state index in [9.17, 15) is 14.9 Å². The number of primary amides is 1. The van der Waals surface area contributed by atoms with Crippen molar-refractivity contribution in [2.45, 2.75) is 32.4 Å². The first kappa shape index (κ1) is 14.5. The number of rotatable bonds is 4. The van der Waals surface area contributed by atoms with Gasteiger partial charge in [-0.15, -0.1) is 0 Å². The number of carbonyl (C=O) groups is 1. The number of hydrogen-bond donors (Lipinski definition) is 1. The van der Waals surface area contributed by atoms with E-state index in [2.05, 4.69) is 11.8 Å². The van der Waals surface area contributed by atoms with E-state index in [1.807, 2.05) is 0 Å². The number of nitro benzene ring substituents is 1. The maximum absolute atomic E-state index is 11.3. The monoisotopic (exact) mass is 277 g/mol. The van der Waals surface area contributed by atoms with E-state index in [0.29, 0.717) is 19.1 Å². The summed E-state index contributed by atoms with van der Waals surface area (Å²) in [4.78, 5) is 23.7. The average molecular weight is 277 g/mol. The van der Waals surface area contributed by atoms with Gasteiger partial charge >= 0.3 is 0 Å². The minimum atomic E-state index is -0.406. The summed E-state index contributed by atoms with van der Waals surface area (Å²) in [5.41, 5.74) is 6.48. The molecule has 0 spiro atoms. The van der Waals surface area contributed by atoms with Gasteiger partial charge in [0.1, 0.15) is 0 Å². The van der Waals surface area contributed by atoms with Gasteiger partial charge in [0.2, 0.25) is 5.91 Å². The van der Waals surface area contributed by atoms with Crippen LogP contribution in [-0.4, -0.2) is 28.3 Å². The van der Waals surface area contributed by atoms with Crippen LogP contribution >= 0.6 is 0 Å². The Labute approximate surface area is 117 Å². The first-order valence-corrected chi connectivity index (χ1v) is 6.74. The fraction of sp³-hybridized carbons (Fsp3) is 0.500. The zero-order valence-corrected chi connectivity index (χ0v) is 11.5. The number of nitro groups is 1. The van der Waals surface area contributed by atoms with E-state index >= 15 is 0 Å². The van der Waals surface area contributed by atoms with Gasteiger partial charge in [0.25, 0.3) is 5.69 Å². The van der Waals surface area contributed by atoms with Crippen molar-refractivity contribution >= 4 is 11.6 Å². The second-order valence-corrected chi connectivity index (χ2v) is 5.38. The molecule has 1 heterocycles. The molecule has 6 heteroatoms. The van der Waals surface area contributed by atoms with Crippen LogP contribution in [0.1, 0.15) is 25.3 Å². The first-order valence-electron chi connectivity index (χ1n) is 6.74. The molecular weight excluding hydrogens is 258 g/mol. The van der Waals surface area contributed by atoms with E-state index in [0.717, 1.165) is 18.4 Å². The summed E-state index contributed by atoms with van der Waals surface area (Å²) in [5.74, 6) is -0.338. The van der Waals surface area contributed by atoms with Crippen LogP contribution in [0, 0.1) is 16.0 Å². The minimum absolute atomic E-state index is 0.0930. The molecule has 1 fully saturated rings. The lowest BCUT2D eigenvalue weighted by Crippen LogP contribution is -2.45. The van der Waals surface area contributed by atoms with Gasteiger partial charge in [-0.3, -0.25) is 19.8 Å². The van der Waals surface area contributed by atoms with Crippen LogP contribution in [0.3, 0.4) is 0 Å². The molecule has 1 amide bonds. The normalized spacial score (nSPS) is 23.4. The van der Waals surface area contributed by atoms with Crippen molar-refractivity contribution in [2.24, 2.45) is 11.7 Å². The lowest BCUT2D eigenvalue weighted by atomic mass is 9.92. The van der Waals surface area contributed by atoms with E-state index < -0.39 is 4.92 Å². The second kappa shape index (κ2) is 6.00. The molecule has 2 atom stereocenters. The third-order valence-corrected chi connectivity index (χ3v) is 3.95. The zero-order valence-electron chi connectivity index (χ0n) is 11.5. The molecule has 2 N–H and O–H groups in total. The van der Waals surface area contributed by atoms with Gasteiger partial charge in [0.05, 0.1) is 10.8 Å². The fourth-order valence-corrected chi connectivity index (χ4v) is 2.59. The quantitative estimate of drug-likeness (QED) is 0.669. The summed E-state index contributed by atoms with van der Waals surface area (Å²) in [6, 6.07) is 6.93. The first-order chi connectivity index (χ1) is 9.47. The molecule has 1 aliphatic rings. The SMILES string of the molecule is C[C@H]1CC[C@@H](C(N)=O)CN1Cc1ccc([N+](=O)[O-])cc1. The minimum Gasteiger partial charge on any atom is -0.369 e. The molecule has 1 aromatic carbocycles. The van der Waals surface area contributed by atoms with Crippen molar-refractivity contribution in [2.75, 3.05) is 6.54 Å². The number of amides is 1. The van der Waals surface area contributed by atoms with Crippen LogP contribution in [0.25, 0.3) is 0 Å². The fourth-order valence-electron chi connectivity index (χ4n) is 2.59. The molecule has 6 nitrogen and oxygen atoms in total. The highest BCUT2D eigenvalue weighted by Gasteiger charge is 2.28. The predicted octanol–water partition coefficient (Wildman–Crippen LogP) is 1.68. The van der Waals surface area contributed by atoms with Gasteiger partial charge in [-0.25, -0.2) is 0 Å². The van der Waals surface area contributed by atoms with Crippen LogP contribution in [0.4, 0.5) is 5.69 Å². The van der Waals surface area contributed by atoms with Crippen LogP contribution in [0.2, 0.25) is 0 Å². The standard InChI is InChI=1S/C14H19N3O3/c1-10-2-5-12(14(15)18)9-16(10)8-11-3-6-13(7-4-11)17(19)20/h3-4,6-7,10,12H,2,5,8-9H2,1H3,(H2,15,18)/t10-,12+/m0/s1. The highest BCUT2D eigenvalue weighted by Crippen LogP contribution is 2.24. The molecule has 2 rings (SSSR count). The van der Waals surface area contributed by atoms with Crippen molar-refractivity contribution in [3.8, 4) is 0 Å². The Morgan fingerprint density at radius 3 is 2.60 bits per heavy atom. The Balaban J connectivity index is 2.03. The van der Waals surface area contributed by atoms with Gasteiger partial charge in [-0.05, 0) is 25.3 Å². The number of non-ortho nitro benzene ring substituents is 1. The third-order valence-electron chi connectivity index (χ3n) is 3.95. The van der Waals surface area contributed by atoms with Gasteiger partial charge in [0, 0.05) is 31.3 Å². The van der Waals surface area contributed by atoms with Crippen molar-refractivity contribution in [3.05, 3.63) is 39.9 Å². The molecule has 0 radical (unpaired) electrons. The number of nitrogens with zero attached hydrogens (tertiary/aromatic N) is 2. The molecule has 0 unspecified atom stereocenters. The molecule has 0 bridgehead atoms. The molecule has 1 aromatic rings. The van der Waals surface area contributed by atoms with Crippen LogP contribution < -0.4 is 5.73 Å². The molecular formula is C14H19N3O3. The highest BCUT2D eigenvalue weighted by atomic mass is 16.6. The molecule has 0 saturated carbocycles. The van der Waals surface area contributed by atoms with Gasteiger partial charge in [0.15, 0.2) is 0 Å². The van der Waals surface area contributed by atoms with Crippen molar-refractivity contribution in [1.29, 1.82) is 0 Å². The maximum Gasteiger partial charge on any atom is 0.269 e. The molecule has 1 aliphatic heterocycles. The summed E-state index contributed by atoms with van der Waals surface area (Å²) in [7, 11) is 0. The number of carbonyl (C=O) groups excluding carboxylic acids is 1. The molecule has 1 saturated heterocycles. The number of benzene rings is 1. The van der Waals surface area contributed by atoms with Crippen LogP contribution in [-0.2, 0) is 11.3 Å². The lowest BCUT2D eigenvalue weighted by molar-refractivity contribution is -0.384. The topological polar surface area (TPSA) is 89.5 Å². The Bertz CT molecular complexity index is 501. The summed E-state index contributed by atoms with van der Waals surface area (Å²) < 4.78 is 0. The zero-order chi connectivity index (χ0) is 14.7. The van der Waals surface area contributed by atoms with Gasteiger partial charge in [-0.2, -0.15) is 0 Å². The summed E-state index contributed by atoms with van der Waals surface area (Å²) in [6.45, 7) is 3.47. The average Bonchev–Trinajstić information content (AvgIpc) is 2.41. The predicted molar refractivity (Wildman–Crippen MR) is 74.9 cm³/mol. The third kappa shape index (κ3) is 3.33. The lowest BCUT2D eigenvalue weighted by Gasteiger charge is -2.36. The summed E-state index contributed by atoms with van der Waals surface area (Å²) in [5, 5.41) is 10.6. The van der Waals surface area contributed by atoms with Crippen LogP contribution in [0.15, 0.2) is 24.3 Å². The molecule has 108 valence electrons. The van der Waals surface area contributed by atoms with Gasteiger partial charge in [-0.1, -0.05) is 12.1 Å². The van der Waals surface area contributed by atoms with E-state index in [1.54, 1.807) is 12.1 Å². The summed E-state index contributed by atoms with van der Waals surface area (Å²) in [6.07, 6.45) is 1.79. The largest absolute Gasteiger partial charge is 0.369 e. The Kier molecular flexibility index (Phi) is 4.34. The number of piperidine rings is 1. The molecule has 0 aromatic heterocycles. The van der Waals surface area contributed by atoms with E-state index in [1.165, 1.54) is 12.1 Å². The second-order valence-electron chi connectivity index (χ2n) is 5.38. The van der Waals surface area contributed by atoms with Crippen molar-refractivity contribution in [3.63, 3.8) is 0 Å². The number of hydrogen-bond acceptors (Lipinski definition) is 4. The Morgan fingerprint density at radius 1 is 1.40 bits per heavy atom. The van der Waals surface area contributed by atoms with Crippen LogP contribution in [0.5, 0.6) is 0 Å². The molecule has 20 heavy (non-hydrogen) atoms. The highest BCUT2D eigenvalue weighted by molar-refractivity contribution is 5.76. The molecule has 0 aliphatic carbocycles. The number of likely N-dealkylation sites (tertiary alicyclic amines) is 1. The van der Waals surface area contributed by atoms with Crippen molar-refractivity contribution < 1.29 is 9.72 Å². The summed E-state index contributed by atoms with van der Waals surface area (Å²) >= 11 is 0. The van der Waals surface area contributed by atoms with Gasteiger partial charge < -0.3 is 5.73 Å². The van der Waals surface area contributed by atoms with E-state index in [-0.39, 0.29) is 17.5 Å². The Hall–Kier alpha value is -1.95. The Morgan fingerprint density at radius 2 is 2.05 bits per heavy atom.